The maximum Gasteiger partial charge on any atom is 0.341 e. The van der Waals surface area contributed by atoms with Crippen LogP contribution in [0.1, 0.15) is 6.92 Å². The highest BCUT2D eigenvalue weighted by Crippen LogP contribution is 1.98. The summed E-state index contributed by atoms with van der Waals surface area (Å²) >= 11 is 0. The molecule has 0 aliphatic carbocycles. The lowest BCUT2D eigenvalue weighted by Gasteiger charge is -2.12. The fourth-order valence-corrected chi connectivity index (χ4v) is 0.280. The van der Waals surface area contributed by atoms with E-state index in [9.17, 15) is 4.79 Å². The largest absolute Gasteiger partial charge is 0.385 e. The average Bonchev–Trinajstić information content (AvgIpc) is 1.62. The van der Waals surface area contributed by atoms with E-state index in [-0.39, 0.29) is 0 Å². The van der Waals surface area contributed by atoms with Gasteiger partial charge >= 0.3 is 5.97 Å². The van der Waals surface area contributed by atoms with E-state index in [1.807, 2.05) is 0 Å². The molecule has 0 aromatic heterocycles. The van der Waals surface area contributed by atoms with Gasteiger partial charge in [-0.05, 0) is 6.92 Å². The fraction of sp³-hybridized carbons (Fsp3) is 0.750. The molecule has 9 heavy (non-hydrogen) atoms. The Kier molecular flexibility index (Phi) is 2.27. The van der Waals surface area contributed by atoms with Crippen molar-refractivity contribution in [3.63, 3.8) is 0 Å². The van der Waals surface area contributed by atoms with E-state index in [1.54, 1.807) is 0 Å². The second kappa shape index (κ2) is 2.40. The van der Waals surface area contributed by atoms with Crippen molar-refractivity contribution in [2.75, 3.05) is 0 Å². The number of carbonyl (C=O) groups is 1. The third-order valence-electron chi connectivity index (χ3n) is 0.710. The summed E-state index contributed by atoms with van der Waals surface area (Å²) in [6.07, 6.45) is -1.58. The first-order valence-electron chi connectivity index (χ1n) is 2.25. The molecule has 0 aliphatic heterocycles. The van der Waals surface area contributed by atoms with E-state index < -0.39 is 17.9 Å². The Hall–Kier alpha value is -0.490. The summed E-state index contributed by atoms with van der Waals surface area (Å²) in [5.74, 6) is -4.85. The quantitative estimate of drug-likeness (QED) is 0.316. The molecule has 4 N–H and O–H groups in total. The Morgan fingerprint density at radius 2 is 1.78 bits per heavy atom. The number of hydrogen-bond donors (Lipinski definition) is 4. The zero-order valence-corrected chi connectivity index (χ0v) is 4.77. The SMILES string of the molecule is CC(O)C(=O)C(O)(O)O. The highest BCUT2D eigenvalue weighted by Gasteiger charge is 2.33. The average molecular weight is 136 g/mol. The first-order valence-corrected chi connectivity index (χ1v) is 2.25. The second-order valence-electron chi connectivity index (χ2n) is 1.68. The van der Waals surface area contributed by atoms with Gasteiger partial charge in [0, 0.05) is 0 Å². The van der Waals surface area contributed by atoms with Crippen LogP contribution in [0.4, 0.5) is 0 Å². The first-order chi connectivity index (χ1) is 3.85. The van der Waals surface area contributed by atoms with Crippen molar-refractivity contribution in [1.82, 2.24) is 0 Å². The van der Waals surface area contributed by atoms with Crippen molar-refractivity contribution in [2.45, 2.75) is 19.0 Å². The van der Waals surface area contributed by atoms with Crippen LogP contribution in [0.2, 0.25) is 0 Å². The standard InChI is InChI=1S/C4H8O5/c1-2(5)3(6)4(7,8)9/h2,5,7-9H,1H3. The molecule has 0 aliphatic rings. The summed E-state index contributed by atoms with van der Waals surface area (Å²) in [6, 6.07) is 0. The van der Waals surface area contributed by atoms with Gasteiger partial charge in [0.05, 0.1) is 0 Å². The monoisotopic (exact) mass is 136 g/mol. The minimum Gasteiger partial charge on any atom is -0.385 e. The van der Waals surface area contributed by atoms with Crippen LogP contribution in [-0.2, 0) is 4.79 Å². The van der Waals surface area contributed by atoms with Crippen LogP contribution in [0.5, 0.6) is 0 Å². The van der Waals surface area contributed by atoms with Gasteiger partial charge in [0.25, 0.3) is 0 Å². The van der Waals surface area contributed by atoms with Crippen molar-refractivity contribution < 1.29 is 25.2 Å². The zero-order valence-electron chi connectivity index (χ0n) is 4.77. The predicted molar refractivity (Wildman–Crippen MR) is 26.1 cm³/mol. The van der Waals surface area contributed by atoms with Gasteiger partial charge < -0.3 is 20.4 Å². The number of ketones is 1. The molecule has 0 fully saturated rings. The number of aliphatic hydroxyl groups excluding tert-OH is 1. The second-order valence-corrected chi connectivity index (χ2v) is 1.68. The van der Waals surface area contributed by atoms with Gasteiger partial charge in [-0.2, -0.15) is 0 Å². The van der Waals surface area contributed by atoms with Crippen LogP contribution in [0, 0.1) is 0 Å². The minimum absolute atomic E-state index is 1.01. The fourth-order valence-electron chi connectivity index (χ4n) is 0.280. The molecule has 54 valence electrons. The van der Waals surface area contributed by atoms with E-state index in [0.29, 0.717) is 0 Å². The van der Waals surface area contributed by atoms with E-state index in [1.165, 1.54) is 0 Å². The van der Waals surface area contributed by atoms with Gasteiger partial charge in [0.15, 0.2) is 0 Å². The molecule has 5 nitrogen and oxygen atoms in total. The lowest BCUT2D eigenvalue weighted by Crippen LogP contribution is -2.43. The Bertz CT molecular complexity index is 111. The Morgan fingerprint density at radius 3 is 1.78 bits per heavy atom. The normalized spacial score (nSPS) is 15.2. The molecule has 0 rings (SSSR count). The summed E-state index contributed by atoms with van der Waals surface area (Å²) in [6.45, 7) is 1.01. The Labute approximate surface area is 51.2 Å². The Morgan fingerprint density at radius 1 is 1.44 bits per heavy atom. The van der Waals surface area contributed by atoms with Gasteiger partial charge in [-0.15, -0.1) is 0 Å². The molecule has 0 saturated heterocycles. The molecule has 0 saturated carbocycles. The Balaban J connectivity index is 4.06. The summed E-state index contributed by atoms with van der Waals surface area (Å²) in [4.78, 5) is 10.2. The minimum atomic E-state index is -3.41. The summed E-state index contributed by atoms with van der Waals surface area (Å²) in [5.41, 5.74) is 0. The van der Waals surface area contributed by atoms with Gasteiger partial charge in [-0.25, -0.2) is 0 Å². The number of Topliss-reactive ketones (excluding diaryl/α,β-unsaturated/α-hetero) is 1. The number of aliphatic hydroxyl groups is 4. The molecular weight excluding hydrogens is 128 g/mol. The summed E-state index contributed by atoms with van der Waals surface area (Å²) in [7, 11) is 0. The smallest absolute Gasteiger partial charge is 0.341 e. The van der Waals surface area contributed by atoms with Crippen LogP contribution in [0.25, 0.3) is 0 Å². The molecular formula is C4H8O5. The molecule has 0 bridgehead atoms. The lowest BCUT2D eigenvalue weighted by atomic mass is 10.2. The van der Waals surface area contributed by atoms with Crippen molar-refractivity contribution in [2.24, 2.45) is 0 Å². The van der Waals surface area contributed by atoms with Crippen molar-refractivity contribution >= 4 is 5.78 Å². The topological polar surface area (TPSA) is 98.0 Å². The lowest BCUT2D eigenvalue weighted by molar-refractivity contribution is -0.290. The van der Waals surface area contributed by atoms with Gasteiger partial charge in [-0.3, -0.25) is 4.79 Å². The number of hydrogen-bond acceptors (Lipinski definition) is 5. The van der Waals surface area contributed by atoms with E-state index in [2.05, 4.69) is 0 Å². The van der Waals surface area contributed by atoms with Gasteiger partial charge in [0.1, 0.15) is 6.10 Å². The number of rotatable bonds is 2. The summed E-state index contributed by atoms with van der Waals surface area (Å²) in [5, 5.41) is 32.5. The first kappa shape index (κ1) is 8.51. The highest BCUT2D eigenvalue weighted by atomic mass is 16.7. The van der Waals surface area contributed by atoms with Gasteiger partial charge in [0.2, 0.25) is 5.78 Å². The maximum atomic E-state index is 10.2. The van der Waals surface area contributed by atoms with Gasteiger partial charge in [-0.1, -0.05) is 0 Å². The molecule has 0 heterocycles. The van der Waals surface area contributed by atoms with Crippen LogP contribution in [-0.4, -0.2) is 38.3 Å². The molecule has 0 aromatic carbocycles. The summed E-state index contributed by atoms with van der Waals surface area (Å²) < 4.78 is 0. The maximum absolute atomic E-state index is 10.2. The molecule has 5 heteroatoms. The molecule has 0 aromatic rings. The highest BCUT2D eigenvalue weighted by molar-refractivity contribution is 5.87. The molecule has 1 atom stereocenters. The number of carbonyl (C=O) groups excluding carboxylic acids is 1. The predicted octanol–water partition coefficient (Wildman–Crippen LogP) is -2.43. The molecule has 0 spiro atoms. The van der Waals surface area contributed by atoms with E-state index in [0.717, 1.165) is 6.92 Å². The third kappa shape index (κ3) is 2.52. The van der Waals surface area contributed by atoms with Crippen LogP contribution >= 0.6 is 0 Å². The molecule has 1 unspecified atom stereocenters. The molecule has 0 radical (unpaired) electrons. The van der Waals surface area contributed by atoms with Crippen LogP contribution in [0.15, 0.2) is 0 Å². The zero-order chi connectivity index (χ0) is 7.65. The van der Waals surface area contributed by atoms with Crippen LogP contribution in [0.3, 0.4) is 0 Å². The van der Waals surface area contributed by atoms with Crippen LogP contribution < -0.4 is 0 Å². The van der Waals surface area contributed by atoms with Crippen molar-refractivity contribution in [3.05, 3.63) is 0 Å². The van der Waals surface area contributed by atoms with Crippen molar-refractivity contribution in [1.29, 1.82) is 0 Å². The van der Waals surface area contributed by atoms with E-state index >= 15 is 0 Å². The van der Waals surface area contributed by atoms with Crippen molar-refractivity contribution in [3.8, 4) is 0 Å². The van der Waals surface area contributed by atoms with E-state index in [4.69, 9.17) is 20.4 Å². The molecule has 0 amide bonds. The third-order valence-corrected chi connectivity index (χ3v) is 0.710.